The van der Waals surface area contributed by atoms with E-state index in [2.05, 4.69) is 54.1 Å². The van der Waals surface area contributed by atoms with Gasteiger partial charge in [-0.3, -0.25) is 19.5 Å². The molecule has 1 aromatic heterocycles. The standard InChI is InChI=1S/C34H45N5O4S/c1-6-8-14-32(35-34(5)17-11-18-38(22-34)23-40)39(24-41)20-27-15-16-29(28(19-27)21-42-7-2)30-12-9-10-13-31(30)44-37-33-25(3)26(4)43-36-33/h9-10,12-13,15-16,19,23-24H,6-8,11,14,17-18,20-22H2,1-5H3,(H,36,37). The number of amidine groups is 1. The fourth-order valence-electron chi connectivity index (χ4n) is 5.47. The van der Waals surface area contributed by atoms with Gasteiger partial charge in [0.25, 0.3) is 0 Å². The monoisotopic (exact) mass is 619 g/mol. The first kappa shape index (κ1) is 33.3. The molecule has 1 aliphatic heterocycles. The van der Waals surface area contributed by atoms with Crippen molar-refractivity contribution in [3.8, 4) is 11.1 Å². The number of hydrogen-bond acceptors (Lipinski definition) is 8. The van der Waals surface area contributed by atoms with Gasteiger partial charge in [-0.05, 0) is 87.2 Å². The van der Waals surface area contributed by atoms with Crippen molar-refractivity contribution in [3.05, 3.63) is 64.9 Å². The largest absolute Gasteiger partial charge is 0.377 e. The van der Waals surface area contributed by atoms with Gasteiger partial charge in [0, 0.05) is 36.6 Å². The summed E-state index contributed by atoms with van der Waals surface area (Å²) in [6.45, 7) is 12.9. The third-order valence-electron chi connectivity index (χ3n) is 8.04. The molecule has 0 spiro atoms. The van der Waals surface area contributed by atoms with E-state index in [0.29, 0.717) is 38.5 Å². The summed E-state index contributed by atoms with van der Waals surface area (Å²) < 4.78 is 14.6. The molecular formula is C34H45N5O4S. The summed E-state index contributed by atoms with van der Waals surface area (Å²) in [7, 11) is 0. The molecule has 1 N–H and O–H groups in total. The number of carbonyl (C=O) groups is 2. The van der Waals surface area contributed by atoms with E-state index in [9.17, 15) is 9.59 Å². The van der Waals surface area contributed by atoms with E-state index in [-0.39, 0.29) is 0 Å². The van der Waals surface area contributed by atoms with Crippen LogP contribution in [0.2, 0.25) is 0 Å². The number of aliphatic imine (C=N–C) groups is 1. The molecule has 9 nitrogen and oxygen atoms in total. The quantitative estimate of drug-likeness (QED) is 0.0833. The Bertz CT molecular complexity index is 1440. The van der Waals surface area contributed by atoms with Crippen molar-refractivity contribution in [2.45, 2.75) is 90.3 Å². The van der Waals surface area contributed by atoms with E-state index in [4.69, 9.17) is 14.3 Å². The van der Waals surface area contributed by atoms with Crippen molar-refractivity contribution in [1.29, 1.82) is 0 Å². The van der Waals surface area contributed by atoms with Crippen molar-refractivity contribution in [1.82, 2.24) is 15.0 Å². The van der Waals surface area contributed by atoms with Gasteiger partial charge >= 0.3 is 0 Å². The number of aryl methyl sites for hydroxylation is 1. The Morgan fingerprint density at radius 3 is 2.73 bits per heavy atom. The summed E-state index contributed by atoms with van der Waals surface area (Å²) in [5.41, 5.74) is 4.76. The fourth-order valence-corrected chi connectivity index (χ4v) is 6.30. The van der Waals surface area contributed by atoms with Gasteiger partial charge in [0.05, 0.1) is 18.7 Å². The van der Waals surface area contributed by atoms with Crippen LogP contribution in [-0.2, 0) is 27.5 Å². The number of benzene rings is 2. The summed E-state index contributed by atoms with van der Waals surface area (Å²) in [6.07, 6.45) is 6.21. The van der Waals surface area contributed by atoms with Crippen LogP contribution in [0.5, 0.6) is 0 Å². The number of likely N-dealkylation sites (tertiary alicyclic amines) is 1. The van der Waals surface area contributed by atoms with Crippen molar-refractivity contribution >= 4 is 36.4 Å². The van der Waals surface area contributed by atoms with Crippen LogP contribution in [0.15, 0.2) is 56.9 Å². The number of nitrogens with zero attached hydrogens (tertiary/aromatic N) is 4. The Labute approximate surface area is 265 Å². The number of unbranched alkanes of at least 4 members (excludes halogenated alkanes) is 1. The first-order valence-electron chi connectivity index (χ1n) is 15.5. The van der Waals surface area contributed by atoms with E-state index < -0.39 is 5.54 Å². The van der Waals surface area contributed by atoms with E-state index in [0.717, 1.165) is 89.4 Å². The molecule has 0 bridgehead atoms. The molecule has 0 aliphatic carbocycles. The zero-order chi connectivity index (χ0) is 31.5. The first-order valence-corrected chi connectivity index (χ1v) is 16.3. The van der Waals surface area contributed by atoms with E-state index in [1.54, 1.807) is 9.80 Å². The second kappa shape index (κ2) is 15.9. The number of carbonyl (C=O) groups excluding carboxylic acids is 2. The highest BCUT2D eigenvalue weighted by Gasteiger charge is 2.31. The molecule has 3 aromatic rings. The number of anilines is 1. The predicted molar refractivity (Wildman–Crippen MR) is 177 cm³/mol. The molecule has 1 saturated heterocycles. The molecule has 4 rings (SSSR count). The molecule has 44 heavy (non-hydrogen) atoms. The molecule has 1 fully saturated rings. The summed E-state index contributed by atoms with van der Waals surface area (Å²) in [5.74, 6) is 2.28. The Morgan fingerprint density at radius 1 is 1.20 bits per heavy atom. The maximum absolute atomic E-state index is 12.5. The third-order valence-corrected chi connectivity index (χ3v) is 8.91. The molecule has 2 aromatic carbocycles. The van der Waals surface area contributed by atoms with Crippen LogP contribution in [0.4, 0.5) is 5.82 Å². The van der Waals surface area contributed by atoms with E-state index >= 15 is 0 Å². The molecular weight excluding hydrogens is 574 g/mol. The molecule has 10 heteroatoms. The highest BCUT2D eigenvalue weighted by Crippen LogP contribution is 2.35. The summed E-state index contributed by atoms with van der Waals surface area (Å²) >= 11 is 1.49. The fraction of sp³-hybridized carbons (Fsp3) is 0.471. The Hall–Kier alpha value is -3.63. The average molecular weight is 620 g/mol. The number of amides is 2. The van der Waals surface area contributed by atoms with Crippen molar-refractivity contribution in [3.63, 3.8) is 0 Å². The Balaban J connectivity index is 1.62. The van der Waals surface area contributed by atoms with E-state index in [1.807, 2.05) is 32.9 Å². The van der Waals surface area contributed by atoms with E-state index in [1.165, 1.54) is 11.9 Å². The zero-order valence-corrected chi connectivity index (χ0v) is 27.4. The normalized spacial score (nSPS) is 17.0. The number of rotatable bonds is 15. The maximum atomic E-state index is 12.5. The lowest BCUT2D eigenvalue weighted by atomic mass is 9.92. The lowest BCUT2D eigenvalue weighted by Crippen LogP contribution is -2.46. The Morgan fingerprint density at radius 2 is 2.02 bits per heavy atom. The Kier molecular flexibility index (Phi) is 12.0. The topological polar surface area (TPSA) is 100 Å². The summed E-state index contributed by atoms with van der Waals surface area (Å²) in [6, 6.07) is 14.6. The second-order valence-electron chi connectivity index (χ2n) is 11.6. The van der Waals surface area contributed by atoms with Crippen molar-refractivity contribution < 1.29 is 18.8 Å². The van der Waals surface area contributed by atoms with Gasteiger partial charge in [-0.2, -0.15) is 0 Å². The second-order valence-corrected chi connectivity index (χ2v) is 12.4. The maximum Gasteiger partial charge on any atom is 0.215 e. The highest BCUT2D eigenvalue weighted by atomic mass is 32.2. The first-order chi connectivity index (χ1) is 21.3. The van der Waals surface area contributed by atoms with Crippen LogP contribution < -0.4 is 4.72 Å². The van der Waals surface area contributed by atoms with Crippen LogP contribution in [0.3, 0.4) is 0 Å². The number of ether oxygens (including phenoxy) is 1. The van der Waals surface area contributed by atoms with Gasteiger partial charge in [0.2, 0.25) is 12.8 Å². The van der Waals surface area contributed by atoms with Crippen LogP contribution in [0.25, 0.3) is 11.1 Å². The minimum Gasteiger partial charge on any atom is -0.377 e. The molecule has 2 amide bonds. The molecule has 236 valence electrons. The average Bonchev–Trinajstić information content (AvgIpc) is 3.36. The lowest BCUT2D eigenvalue weighted by molar-refractivity contribution is -0.120. The van der Waals surface area contributed by atoms with Gasteiger partial charge in [-0.25, -0.2) is 0 Å². The van der Waals surface area contributed by atoms with Crippen LogP contribution in [0, 0.1) is 13.8 Å². The number of hydrogen-bond donors (Lipinski definition) is 1. The molecule has 1 unspecified atom stereocenters. The number of aromatic nitrogens is 1. The van der Waals surface area contributed by atoms with Gasteiger partial charge in [0.1, 0.15) is 11.6 Å². The highest BCUT2D eigenvalue weighted by molar-refractivity contribution is 8.00. The van der Waals surface area contributed by atoms with Crippen molar-refractivity contribution in [2.75, 3.05) is 24.4 Å². The SMILES string of the molecule is CCCCC(=NC1(C)CCCN(C=O)C1)N(C=O)Cc1ccc(-c2ccccc2SNc2noc(C)c2C)c(COCC)c1. The van der Waals surface area contributed by atoms with Gasteiger partial charge in [-0.15, -0.1) is 0 Å². The number of piperidine rings is 1. The minimum absolute atomic E-state index is 0.404. The molecule has 0 radical (unpaired) electrons. The van der Waals surface area contributed by atoms with Gasteiger partial charge in [-0.1, -0.05) is 54.9 Å². The minimum atomic E-state index is -0.411. The molecule has 0 saturated carbocycles. The lowest BCUT2D eigenvalue weighted by Gasteiger charge is -2.37. The molecule has 1 aliphatic rings. The number of nitrogens with one attached hydrogen (secondary N) is 1. The summed E-state index contributed by atoms with van der Waals surface area (Å²) in [4.78, 5) is 33.7. The van der Waals surface area contributed by atoms with Crippen LogP contribution >= 0.6 is 11.9 Å². The van der Waals surface area contributed by atoms with Crippen molar-refractivity contribution in [2.24, 2.45) is 4.99 Å². The van der Waals surface area contributed by atoms with Crippen LogP contribution in [0.1, 0.15) is 75.3 Å². The predicted octanol–water partition coefficient (Wildman–Crippen LogP) is 7.17. The zero-order valence-electron chi connectivity index (χ0n) is 26.6. The smallest absolute Gasteiger partial charge is 0.215 e. The van der Waals surface area contributed by atoms with Gasteiger partial charge in [0.15, 0.2) is 5.82 Å². The van der Waals surface area contributed by atoms with Crippen LogP contribution in [-0.4, -0.2) is 58.8 Å². The summed E-state index contributed by atoms with van der Waals surface area (Å²) in [5, 5.41) is 4.13. The molecule has 1 atom stereocenters. The molecule has 2 heterocycles. The third kappa shape index (κ3) is 8.51. The van der Waals surface area contributed by atoms with Gasteiger partial charge < -0.3 is 18.9 Å².